The fraction of sp³-hybridized carbons (Fsp3) is 0. The first-order chi connectivity index (χ1) is 9.88. The number of amides is 1. The number of hydrogen-bond donors (Lipinski definition) is 3. The summed E-state index contributed by atoms with van der Waals surface area (Å²) in [5, 5.41) is 21.0. The number of hydrogen-bond acceptors (Lipinski definition) is 4. The first-order valence-corrected chi connectivity index (χ1v) is 6.33. The van der Waals surface area contributed by atoms with Gasteiger partial charge in [-0.1, -0.05) is 23.2 Å². The van der Waals surface area contributed by atoms with Crippen molar-refractivity contribution >= 4 is 40.8 Å². The van der Waals surface area contributed by atoms with Gasteiger partial charge in [0, 0.05) is 18.0 Å². The summed E-state index contributed by atoms with van der Waals surface area (Å²) in [5.41, 5.74) is 0.143. The van der Waals surface area contributed by atoms with Crippen LogP contribution < -0.4 is 5.32 Å². The lowest BCUT2D eigenvalue weighted by molar-refractivity contribution is 0.0693. The molecule has 0 bridgehead atoms. The summed E-state index contributed by atoms with van der Waals surface area (Å²) in [6.07, 6.45) is 1.25. The number of nitrogens with one attached hydrogen (secondary N) is 1. The van der Waals surface area contributed by atoms with E-state index < -0.39 is 17.6 Å². The predicted molar refractivity (Wildman–Crippen MR) is 77.3 cm³/mol. The number of carboxylic acids is 1. The van der Waals surface area contributed by atoms with Crippen molar-refractivity contribution in [1.82, 2.24) is 4.98 Å². The molecule has 1 aromatic carbocycles. The lowest BCUT2D eigenvalue weighted by atomic mass is 10.1. The number of nitrogens with zero attached hydrogens (tertiary/aromatic N) is 1. The number of carbonyl (C=O) groups excluding carboxylic acids is 1. The third kappa shape index (κ3) is 3.42. The molecule has 1 heterocycles. The van der Waals surface area contributed by atoms with Gasteiger partial charge in [-0.15, -0.1) is 0 Å². The van der Waals surface area contributed by atoms with E-state index in [-0.39, 0.29) is 27.0 Å². The highest BCUT2D eigenvalue weighted by molar-refractivity contribution is 6.41. The number of carboxylic acid groups (broad SMARTS) is 1. The molecule has 0 radical (unpaired) electrons. The normalized spacial score (nSPS) is 10.2. The van der Waals surface area contributed by atoms with Gasteiger partial charge in [0.05, 0.1) is 10.6 Å². The van der Waals surface area contributed by atoms with Crippen molar-refractivity contribution < 1.29 is 19.8 Å². The molecule has 6 nitrogen and oxygen atoms in total. The predicted octanol–water partition coefficient (Wildman–Crippen LogP) is 3.04. The summed E-state index contributed by atoms with van der Waals surface area (Å²) in [4.78, 5) is 26.5. The fourth-order valence-electron chi connectivity index (χ4n) is 1.54. The maximum atomic E-state index is 12.0. The molecular weight excluding hydrogens is 319 g/mol. The molecule has 3 N–H and O–H groups in total. The van der Waals surface area contributed by atoms with E-state index in [0.717, 1.165) is 6.07 Å². The Kier molecular flexibility index (Phi) is 4.30. The highest BCUT2D eigenvalue weighted by Gasteiger charge is 2.13. The average molecular weight is 327 g/mol. The highest BCUT2D eigenvalue weighted by Crippen LogP contribution is 2.23. The Bertz CT molecular complexity index is 734. The number of carbonyl (C=O) groups is 2. The first-order valence-electron chi connectivity index (χ1n) is 5.57. The van der Waals surface area contributed by atoms with Gasteiger partial charge in [0.25, 0.3) is 5.91 Å². The van der Waals surface area contributed by atoms with Crippen molar-refractivity contribution in [2.75, 3.05) is 5.32 Å². The van der Waals surface area contributed by atoms with Gasteiger partial charge in [-0.05, 0) is 18.2 Å². The smallest absolute Gasteiger partial charge is 0.339 e. The number of benzene rings is 1. The van der Waals surface area contributed by atoms with Crippen LogP contribution in [0.5, 0.6) is 5.75 Å². The zero-order chi connectivity index (χ0) is 15.6. The second-order valence-corrected chi connectivity index (χ2v) is 4.75. The molecule has 2 rings (SSSR count). The maximum absolute atomic E-state index is 12.0. The molecule has 0 aliphatic heterocycles. The van der Waals surface area contributed by atoms with E-state index in [1.165, 1.54) is 24.4 Å². The van der Waals surface area contributed by atoms with Crippen LogP contribution in [0.25, 0.3) is 0 Å². The lowest BCUT2D eigenvalue weighted by Gasteiger charge is -2.07. The van der Waals surface area contributed by atoms with Crippen molar-refractivity contribution in [3.05, 3.63) is 51.8 Å². The van der Waals surface area contributed by atoms with E-state index >= 15 is 0 Å². The Morgan fingerprint density at radius 2 is 1.90 bits per heavy atom. The molecule has 0 fully saturated rings. The summed E-state index contributed by atoms with van der Waals surface area (Å²) in [6.45, 7) is 0. The van der Waals surface area contributed by atoms with Crippen molar-refractivity contribution in [1.29, 1.82) is 0 Å². The number of aromatic carboxylic acids is 1. The van der Waals surface area contributed by atoms with Gasteiger partial charge >= 0.3 is 5.97 Å². The van der Waals surface area contributed by atoms with Crippen LogP contribution in [0.1, 0.15) is 20.7 Å². The highest BCUT2D eigenvalue weighted by atomic mass is 35.5. The zero-order valence-corrected chi connectivity index (χ0v) is 11.8. The first kappa shape index (κ1) is 15.1. The number of anilines is 1. The number of aromatic nitrogens is 1. The van der Waals surface area contributed by atoms with Crippen molar-refractivity contribution in [2.45, 2.75) is 0 Å². The number of pyridine rings is 1. The van der Waals surface area contributed by atoms with Crippen LogP contribution in [0.3, 0.4) is 0 Å². The number of rotatable bonds is 3. The SMILES string of the molecule is O=C(Nc1ccc(C(=O)O)c(O)c1)c1cnc(Cl)c(Cl)c1. The molecule has 2 aromatic rings. The summed E-state index contributed by atoms with van der Waals surface area (Å²) >= 11 is 11.4. The molecule has 21 heavy (non-hydrogen) atoms. The number of phenols is 1. The minimum absolute atomic E-state index is 0.0803. The quantitative estimate of drug-likeness (QED) is 0.753. The molecular formula is C13H8Cl2N2O4. The molecule has 0 aliphatic rings. The van der Waals surface area contributed by atoms with Crippen LogP contribution in [-0.2, 0) is 0 Å². The Morgan fingerprint density at radius 3 is 2.48 bits per heavy atom. The Morgan fingerprint density at radius 1 is 1.19 bits per heavy atom. The summed E-state index contributed by atoms with van der Waals surface area (Å²) in [7, 11) is 0. The van der Waals surface area contributed by atoms with Crippen molar-refractivity contribution in [3.8, 4) is 5.75 Å². The van der Waals surface area contributed by atoms with Gasteiger partial charge in [-0.2, -0.15) is 0 Å². The molecule has 1 amide bonds. The van der Waals surface area contributed by atoms with Crippen LogP contribution >= 0.6 is 23.2 Å². The van der Waals surface area contributed by atoms with E-state index in [1.54, 1.807) is 0 Å². The van der Waals surface area contributed by atoms with Gasteiger partial charge in [0.1, 0.15) is 16.5 Å². The van der Waals surface area contributed by atoms with E-state index in [1.807, 2.05) is 0 Å². The van der Waals surface area contributed by atoms with E-state index in [2.05, 4.69) is 10.3 Å². The Hall–Kier alpha value is -2.31. The van der Waals surface area contributed by atoms with Gasteiger partial charge in [-0.3, -0.25) is 4.79 Å². The molecule has 1 aromatic heterocycles. The van der Waals surface area contributed by atoms with Crippen molar-refractivity contribution in [2.24, 2.45) is 0 Å². The Balaban J connectivity index is 2.21. The van der Waals surface area contributed by atoms with Gasteiger partial charge < -0.3 is 15.5 Å². The monoisotopic (exact) mass is 326 g/mol. The summed E-state index contributed by atoms with van der Waals surface area (Å²) < 4.78 is 0. The van der Waals surface area contributed by atoms with E-state index in [0.29, 0.717) is 0 Å². The van der Waals surface area contributed by atoms with Gasteiger partial charge in [-0.25, -0.2) is 9.78 Å². The van der Waals surface area contributed by atoms with Crippen LogP contribution in [0.4, 0.5) is 5.69 Å². The third-order valence-corrected chi connectivity index (χ3v) is 3.23. The minimum Gasteiger partial charge on any atom is -0.507 e. The molecule has 0 spiro atoms. The second kappa shape index (κ2) is 5.99. The number of aromatic hydroxyl groups is 1. The Labute approximate surface area is 129 Å². The molecule has 0 saturated carbocycles. The van der Waals surface area contributed by atoms with Gasteiger partial charge in [0.2, 0.25) is 0 Å². The second-order valence-electron chi connectivity index (χ2n) is 3.99. The van der Waals surface area contributed by atoms with Crippen LogP contribution in [0.2, 0.25) is 10.2 Å². The molecule has 8 heteroatoms. The van der Waals surface area contributed by atoms with Crippen LogP contribution in [-0.4, -0.2) is 27.1 Å². The van der Waals surface area contributed by atoms with Crippen molar-refractivity contribution in [3.63, 3.8) is 0 Å². The minimum atomic E-state index is -1.26. The van der Waals surface area contributed by atoms with E-state index in [4.69, 9.17) is 28.3 Å². The third-order valence-electron chi connectivity index (χ3n) is 2.54. The van der Waals surface area contributed by atoms with Gasteiger partial charge in [0.15, 0.2) is 0 Å². The topological polar surface area (TPSA) is 99.5 Å². The maximum Gasteiger partial charge on any atom is 0.339 e. The molecule has 0 saturated heterocycles. The largest absolute Gasteiger partial charge is 0.507 e. The average Bonchev–Trinajstić information content (AvgIpc) is 2.41. The molecule has 0 atom stereocenters. The van der Waals surface area contributed by atoms with Crippen LogP contribution in [0, 0.1) is 0 Å². The van der Waals surface area contributed by atoms with E-state index in [9.17, 15) is 14.7 Å². The fourth-order valence-corrected chi connectivity index (χ4v) is 1.81. The molecule has 108 valence electrons. The zero-order valence-electron chi connectivity index (χ0n) is 10.3. The lowest BCUT2D eigenvalue weighted by Crippen LogP contribution is -2.12. The molecule has 0 unspecified atom stereocenters. The summed E-state index contributed by atoms with van der Waals surface area (Å²) in [6, 6.07) is 5.01. The summed E-state index contributed by atoms with van der Waals surface area (Å²) in [5.74, 6) is -2.24. The standard InChI is InChI=1S/C13H8Cl2N2O4/c14-9-3-6(5-16-11(9)15)12(19)17-7-1-2-8(13(20)21)10(18)4-7/h1-5,18H,(H,17,19)(H,20,21). The van der Waals surface area contributed by atoms with Crippen LogP contribution in [0.15, 0.2) is 30.5 Å². The number of halogens is 2. The molecule has 0 aliphatic carbocycles.